The van der Waals surface area contributed by atoms with Crippen molar-refractivity contribution in [2.24, 2.45) is 0 Å². The molecule has 0 fully saturated rings. The summed E-state index contributed by atoms with van der Waals surface area (Å²) in [7, 11) is 5.11. The molecule has 0 bridgehead atoms. The van der Waals surface area contributed by atoms with Gasteiger partial charge in [0.25, 0.3) is 0 Å². The van der Waals surface area contributed by atoms with Crippen molar-refractivity contribution < 1.29 is 14.3 Å². The lowest BCUT2D eigenvalue weighted by molar-refractivity contribution is -0.135. The van der Waals surface area contributed by atoms with Crippen LogP contribution in [0.15, 0.2) is 0 Å². The second kappa shape index (κ2) is 7.63. The average molecular weight is 282 g/mol. The van der Waals surface area contributed by atoms with Crippen LogP contribution in [0, 0.1) is 11.8 Å². The Bertz CT molecular complexity index is 384. The molecule has 1 amide bonds. The maximum atomic E-state index is 12.4. The Labute approximate surface area is 122 Å². The Kier molecular flexibility index (Phi) is 6.47. The van der Waals surface area contributed by atoms with E-state index in [1.54, 1.807) is 14.2 Å². The summed E-state index contributed by atoms with van der Waals surface area (Å²) in [5.41, 5.74) is -0.214. The van der Waals surface area contributed by atoms with Gasteiger partial charge in [0.05, 0.1) is 6.54 Å². The summed E-state index contributed by atoms with van der Waals surface area (Å²) in [4.78, 5) is 14.3. The van der Waals surface area contributed by atoms with E-state index in [1.807, 2.05) is 25.8 Å². The highest BCUT2D eigenvalue weighted by molar-refractivity contribution is 5.77. The van der Waals surface area contributed by atoms with Crippen molar-refractivity contribution in [3.05, 3.63) is 0 Å². The number of nitrogens with one attached hydrogen (secondary N) is 1. The summed E-state index contributed by atoms with van der Waals surface area (Å²) in [5.74, 6) is 6.21. The van der Waals surface area contributed by atoms with E-state index in [1.165, 1.54) is 0 Å². The van der Waals surface area contributed by atoms with Crippen LogP contribution in [-0.4, -0.2) is 62.9 Å². The third-order valence-corrected chi connectivity index (χ3v) is 3.67. The summed E-state index contributed by atoms with van der Waals surface area (Å²) in [6.07, 6.45) is 0.620. The molecule has 114 valence electrons. The fraction of sp³-hybridized carbons (Fsp3) is 0.800. The Hall–Kier alpha value is -1.09. The van der Waals surface area contributed by atoms with Crippen molar-refractivity contribution >= 4 is 5.91 Å². The van der Waals surface area contributed by atoms with Crippen LogP contribution in [0.2, 0.25) is 0 Å². The fourth-order valence-electron chi connectivity index (χ4n) is 2.07. The SMILES string of the molecule is CNC(C)(C)CC(=O)N1CCC#CC(OC)C(OC)C1. The Morgan fingerprint density at radius 1 is 1.40 bits per heavy atom. The van der Waals surface area contributed by atoms with E-state index in [-0.39, 0.29) is 23.7 Å². The number of amides is 1. The van der Waals surface area contributed by atoms with Crippen molar-refractivity contribution in [2.45, 2.75) is 44.4 Å². The third kappa shape index (κ3) is 4.78. The van der Waals surface area contributed by atoms with Crippen LogP contribution in [0.25, 0.3) is 0 Å². The van der Waals surface area contributed by atoms with Gasteiger partial charge in [0.1, 0.15) is 12.2 Å². The number of hydrogen-bond acceptors (Lipinski definition) is 4. The Morgan fingerprint density at radius 2 is 2.10 bits per heavy atom. The van der Waals surface area contributed by atoms with Crippen molar-refractivity contribution in [2.75, 3.05) is 34.4 Å². The van der Waals surface area contributed by atoms with E-state index in [2.05, 4.69) is 17.2 Å². The van der Waals surface area contributed by atoms with Crippen LogP contribution in [0.1, 0.15) is 26.7 Å². The molecule has 0 aliphatic carbocycles. The maximum absolute atomic E-state index is 12.4. The molecular weight excluding hydrogens is 256 g/mol. The van der Waals surface area contributed by atoms with Gasteiger partial charge in [-0.25, -0.2) is 0 Å². The lowest BCUT2D eigenvalue weighted by atomic mass is 9.99. The number of carbonyl (C=O) groups is 1. The van der Waals surface area contributed by atoms with E-state index >= 15 is 0 Å². The second-order valence-corrected chi connectivity index (χ2v) is 5.65. The molecule has 0 radical (unpaired) electrons. The van der Waals surface area contributed by atoms with Crippen LogP contribution in [0.5, 0.6) is 0 Å². The number of nitrogens with zero attached hydrogens (tertiary/aromatic N) is 1. The van der Waals surface area contributed by atoms with Crippen molar-refractivity contribution in [1.82, 2.24) is 10.2 Å². The monoisotopic (exact) mass is 282 g/mol. The first-order valence-corrected chi connectivity index (χ1v) is 6.94. The topological polar surface area (TPSA) is 50.8 Å². The summed E-state index contributed by atoms with van der Waals surface area (Å²) in [6.45, 7) is 5.19. The van der Waals surface area contributed by atoms with Gasteiger partial charge < -0.3 is 19.7 Å². The quantitative estimate of drug-likeness (QED) is 0.752. The zero-order valence-corrected chi connectivity index (χ0v) is 13.2. The number of carbonyl (C=O) groups excluding carboxylic acids is 1. The van der Waals surface area contributed by atoms with Gasteiger partial charge in [-0.1, -0.05) is 11.8 Å². The number of methoxy groups -OCH3 is 2. The molecule has 0 aromatic heterocycles. The largest absolute Gasteiger partial charge is 0.376 e. The van der Waals surface area contributed by atoms with Crippen LogP contribution in [0.3, 0.4) is 0 Å². The highest BCUT2D eigenvalue weighted by atomic mass is 16.5. The molecule has 5 nitrogen and oxygen atoms in total. The average Bonchev–Trinajstić information content (AvgIpc) is 2.38. The summed E-state index contributed by atoms with van der Waals surface area (Å²) in [5, 5.41) is 3.15. The molecule has 1 aliphatic rings. The summed E-state index contributed by atoms with van der Waals surface area (Å²) in [6, 6.07) is 0. The van der Waals surface area contributed by atoms with Gasteiger partial charge in [0, 0.05) is 39.1 Å². The van der Waals surface area contributed by atoms with Crippen LogP contribution >= 0.6 is 0 Å². The highest BCUT2D eigenvalue weighted by Crippen LogP contribution is 2.14. The molecule has 0 saturated heterocycles. The Morgan fingerprint density at radius 3 is 2.65 bits per heavy atom. The van der Waals surface area contributed by atoms with Crippen molar-refractivity contribution in [3.63, 3.8) is 0 Å². The third-order valence-electron chi connectivity index (χ3n) is 3.67. The molecule has 1 aliphatic heterocycles. The molecule has 2 unspecified atom stereocenters. The standard InChI is InChI=1S/C15H26N2O3/c1-15(2,16-3)10-14(18)17-9-7-6-8-12(19-4)13(11-17)20-5/h12-13,16H,7,9-11H2,1-5H3. The molecule has 5 heteroatoms. The second-order valence-electron chi connectivity index (χ2n) is 5.65. The van der Waals surface area contributed by atoms with E-state index in [0.717, 1.165) is 0 Å². The minimum Gasteiger partial charge on any atom is -0.376 e. The van der Waals surface area contributed by atoms with Gasteiger partial charge >= 0.3 is 0 Å². The van der Waals surface area contributed by atoms with Crippen molar-refractivity contribution in [1.29, 1.82) is 0 Å². The number of rotatable bonds is 5. The van der Waals surface area contributed by atoms with Gasteiger partial charge in [0.2, 0.25) is 5.91 Å². The minimum absolute atomic E-state index is 0.116. The van der Waals surface area contributed by atoms with E-state index < -0.39 is 0 Å². The predicted molar refractivity (Wildman–Crippen MR) is 78.3 cm³/mol. The first-order chi connectivity index (χ1) is 9.43. The zero-order chi connectivity index (χ0) is 15.2. The van der Waals surface area contributed by atoms with Crippen LogP contribution < -0.4 is 5.32 Å². The normalized spacial score (nSPS) is 23.6. The van der Waals surface area contributed by atoms with Crippen molar-refractivity contribution in [3.8, 4) is 11.8 Å². The summed E-state index contributed by atoms with van der Waals surface area (Å²) >= 11 is 0. The molecule has 20 heavy (non-hydrogen) atoms. The zero-order valence-electron chi connectivity index (χ0n) is 13.2. The van der Waals surface area contributed by atoms with Gasteiger partial charge in [-0.05, 0) is 20.9 Å². The minimum atomic E-state index is -0.284. The molecule has 0 aromatic rings. The molecule has 0 spiro atoms. The van der Waals surface area contributed by atoms with E-state index in [4.69, 9.17) is 9.47 Å². The molecule has 1 N–H and O–H groups in total. The maximum Gasteiger partial charge on any atom is 0.224 e. The van der Waals surface area contributed by atoms with E-state index in [0.29, 0.717) is 25.9 Å². The van der Waals surface area contributed by atoms with Gasteiger partial charge in [0.15, 0.2) is 0 Å². The predicted octanol–water partition coefficient (Wildman–Crippen LogP) is 0.640. The van der Waals surface area contributed by atoms with Crippen LogP contribution in [-0.2, 0) is 14.3 Å². The van der Waals surface area contributed by atoms with Gasteiger partial charge in [-0.3, -0.25) is 4.79 Å². The smallest absolute Gasteiger partial charge is 0.224 e. The van der Waals surface area contributed by atoms with Crippen LogP contribution in [0.4, 0.5) is 0 Å². The molecule has 0 saturated carbocycles. The lowest BCUT2D eigenvalue weighted by Gasteiger charge is -2.32. The molecular formula is C15H26N2O3. The summed E-state index contributed by atoms with van der Waals surface area (Å²) < 4.78 is 10.8. The number of ether oxygens (including phenoxy) is 2. The fourth-order valence-corrected chi connectivity index (χ4v) is 2.07. The highest BCUT2D eigenvalue weighted by Gasteiger charge is 2.28. The molecule has 1 heterocycles. The molecule has 0 aromatic carbocycles. The molecule has 1 rings (SSSR count). The first-order valence-electron chi connectivity index (χ1n) is 6.94. The first kappa shape index (κ1) is 17.0. The number of hydrogen-bond donors (Lipinski definition) is 1. The molecule has 2 atom stereocenters. The Balaban J connectivity index is 2.76. The van der Waals surface area contributed by atoms with Gasteiger partial charge in [-0.2, -0.15) is 0 Å². The lowest BCUT2D eigenvalue weighted by Crippen LogP contribution is -2.48. The van der Waals surface area contributed by atoms with E-state index in [9.17, 15) is 4.79 Å². The van der Waals surface area contributed by atoms with Gasteiger partial charge in [-0.15, -0.1) is 0 Å².